The summed E-state index contributed by atoms with van der Waals surface area (Å²) in [6.45, 7) is 0. The van der Waals surface area contributed by atoms with Crippen LogP contribution in [-0.2, 0) is 0 Å². The summed E-state index contributed by atoms with van der Waals surface area (Å²) in [5, 5.41) is 0. The summed E-state index contributed by atoms with van der Waals surface area (Å²) >= 11 is 0. The standard InChI is InChI=1S/C9H7FN4O/c1-15-9-5-11-2-7(14-9)6-3-13-8(10)4-12-6/h2-5H,1H3. The summed E-state index contributed by atoms with van der Waals surface area (Å²) in [4.78, 5) is 15.3. The molecule has 2 aromatic heterocycles. The SMILES string of the molecule is COc1cncc(-c2cnc(F)cn2)n1. The van der Waals surface area contributed by atoms with Crippen molar-refractivity contribution < 1.29 is 9.13 Å². The zero-order valence-corrected chi connectivity index (χ0v) is 7.88. The van der Waals surface area contributed by atoms with Gasteiger partial charge in [0, 0.05) is 0 Å². The average molecular weight is 206 g/mol. The van der Waals surface area contributed by atoms with Crippen LogP contribution in [0.15, 0.2) is 24.8 Å². The third kappa shape index (κ3) is 2.04. The molecule has 6 heteroatoms. The van der Waals surface area contributed by atoms with E-state index in [1.807, 2.05) is 0 Å². The Hall–Kier alpha value is -2.11. The molecule has 2 heterocycles. The van der Waals surface area contributed by atoms with Gasteiger partial charge in [-0.2, -0.15) is 4.39 Å². The van der Waals surface area contributed by atoms with Gasteiger partial charge in [0.15, 0.2) is 0 Å². The van der Waals surface area contributed by atoms with E-state index in [4.69, 9.17) is 4.74 Å². The molecular formula is C9H7FN4O. The first-order valence-electron chi connectivity index (χ1n) is 4.13. The van der Waals surface area contributed by atoms with Gasteiger partial charge in [-0.25, -0.2) is 15.0 Å². The smallest absolute Gasteiger partial charge is 0.232 e. The van der Waals surface area contributed by atoms with E-state index in [0.29, 0.717) is 17.3 Å². The van der Waals surface area contributed by atoms with Gasteiger partial charge in [0.2, 0.25) is 11.8 Å². The molecule has 0 atom stereocenters. The van der Waals surface area contributed by atoms with E-state index in [1.54, 1.807) is 0 Å². The zero-order chi connectivity index (χ0) is 10.7. The van der Waals surface area contributed by atoms with Crippen LogP contribution >= 0.6 is 0 Å². The lowest BCUT2D eigenvalue weighted by molar-refractivity contribution is 0.396. The predicted octanol–water partition coefficient (Wildman–Crippen LogP) is 1.08. The molecule has 0 spiro atoms. The van der Waals surface area contributed by atoms with Crippen LogP contribution in [0, 0.1) is 5.95 Å². The number of ether oxygens (including phenoxy) is 1. The summed E-state index contributed by atoms with van der Waals surface area (Å²) in [5.41, 5.74) is 0.935. The maximum absolute atomic E-state index is 12.5. The first kappa shape index (κ1) is 9.45. The van der Waals surface area contributed by atoms with Crippen molar-refractivity contribution in [3.05, 3.63) is 30.7 Å². The van der Waals surface area contributed by atoms with Crippen LogP contribution in [0.25, 0.3) is 11.4 Å². The molecular weight excluding hydrogens is 199 g/mol. The van der Waals surface area contributed by atoms with Gasteiger partial charge in [-0.05, 0) is 0 Å². The Labute approximate surface area is 85.0 Å². The van der Waals surface area contributed by atoms with Gasteiger partial charge in [0.05, 0.1) is 31.9 Å². The number of methoxy groups -OCH3 is 1. The molecule has 2 aromatic rings. The Morgan fingerprint density at radius 2 is 1.93 bits per heavy atom. The highest BCUT2D eigenvalue weighted by molar-refractivity contribution is 5.51. The Morgan fingerprint density at radius 1 is 1.07 bits per heavy atom. The summed E-state index contributed by atoms with van der Waals surface area (Å²) in [6, 6.07) is 0. The minimum absolute atomic E-state index is 0.374. The number of hydrogen-bond acceptors (Lipinski definition) is 5. The van der Waals surface area contributed by atoms with Crippen LogP contribution in [0.4, 0.5) is 4.39 Å². The Balaban J connectivity index is 2.40. The molecule has 0 aliphatic heterocycles. The highest BCUT2D eigenvalue weighted by Gasteiger charge is 2.04. The minimum atomic E-state index is -0.630. The predicted molar refractivity (Wildman–Crippen MR) is 49.6 cm³/mol. The van der Waals surface area contributed by atoms with Crippen molar-refractivity contribution in [2.24, 2.45) is 0 Å². The monoisotopic (exact) mass is 206 g/mol. The molecule has 0 amide bonds. The van der Waals surface area contributed by atoms with Crippen molar-refractivity contribution in [3.8, 4) is 17.3 Å². The van der Waals surface area contributed by atoms with Gasteiger partial charge < -0.3 is 4.74 Å². The molecule has 0 N–H and O–H groups in total. The third-order valence-corrected chi connectivity index (χ3v) is 1.70. The fourth-order valence-electron chi connectivity index (χ4n) is 1.01. The highest BCUT2D eigenvalue weighted by Crippen LogP contribution is 2.14. The van der Waals surface area contributed by atoms with E-state index in [9.17, 15) is 4.39 Å². The highest BCUT2D eigenvalue weighted by atomic mass is 19.1. The quantitative estimate of drug-likeness (QED) is 0.735. The van der Waals surface area contributed by atoms with Gasteiger partial charge in [-0.3, -0.25) is 4.98 Å². The van der Waals surface area contributed by atoms with Gasteiger partial charge in [0.1, 0.15) is 11.4 Å². The second-order valence-electron chi connectivity index (χ2n) is 2.67. The maximum Gasteiger partial charge on any atom is 0.232 e. The molecule has 0 saturated heterocycles. The molecule has 0 aromatic carbocycles. The molecule has 0 bridgehead atoms. The van der Waals surface area contributed by atoms with Crippen LogP contribution in [-0.4, -0.2) is 27.0 Å². The zero-order valence-electron chi connectivity index (χ0n) is 7.88. The van der Waals surface area contributed by atoms with Crippen molar-refractivity contribution >= 4 is 0 Å². The van der Waals surface area contributed by atoms with Crippen LogP contribution in [0.1, 0.15) is 0 Å². The fourth-order valence-corrected chi connectivity index (χ4v) is 1.01. The molecule has 0 fully saturated rings. The largest absolute Gasteiger partial charge is 0.480 e. The molecule has 76 valence electrons. The molecule has 0 unspecified atom stereocenters. The number of nitrogens with zero attached hydrogens (tertiary/aromatic N) is 4. The topological polar surface area (TPSA) is 60.8 Å². The van der Waals surface area contributed by atoms with Crippen molar-refractivity contribution in [2.45, 2.75) is 0 Å². The van der Waals surface area contributed by atoms with E-state index < -0.39 is 5.95 Å². The lowest BCUT2D eigenvalue weighted by Crippen LogP contribution is -1.94. The van der Waals surface area contributed by atoms with E-state index in [-0.39, 0.29) is 0 Å². The van der Waals surface area contributed by atoms with Crippen LogP contribution in [0.3, 0.4) is 0 Å². The molecule has 0 aliphatic rings. The molecule has 15 heavy (non-hydrogen) atoms. The van der Waals surface area contributed by atoms with E-state index in [2.05, 4.69) is 19.9 Å². The lowest BCUT2D eigenvalue weighted by Gasteiger charge is -2.01. The summed E-state index contributed by atoms with van der Waals surface area (Å²) < 4.78 is 17.4. The number of aromatic nitrogens is 4. The molecule has 5 nitrogen and oxygen atoms in total. The molecule has 0 radical (unpaired) electrons. The third-order valence-electron chi connectivity index (χ3n) is 1.70. The summed E-state index contributed by atoms with van der Waals surface area (Å²) in [6.07, 6.45) is 5.29. The Morgan fingerprint density at radius 3 is 2.60 bits per heavy atom. The van der Waals surface area contributed by atoms with Crippen molar-refractivity contribution in [1.82, 2.24) is 19.9 Å². The first-order valence-corrected chi connectivity index (χ1v) is 4.13. The maximum atomic E-state index is 12.5. The van der Waals surface area contributed by atoms with Gasteiger partial charge in [-0.1, -0.05) is 0 Å². The van der Waals surface area contributed by atoms with E-state index in [1.165, 1.54) is 25.7 Å². The van der Waals surface area contributed by atoms with Gasteiger partial charge in [-0.15, -0.1) is 0 Å². The molecule has 0 aliphatic carbocycles. The number of halogens is 1. The van der Waals surface area contributed by atoms with Crippen LogP contribution in [0.2, 0.25) is 0 Å². The van der Waals surface area contributed by atoms with Crippen molar-refractivity contribution in [3.63, 3.8) is 0 Å². The summed E-state index contributed by atoms with van der Waals surface area (Å²) in [7, 11) is 1.49. The molecule has 2 rings (SSSR count). The summed E-state index contributed by atoms with van der Waals surface area (Å²) in [5.74, 6) is -0.256. The fraction of sp³-hybridized carbons (Fsp3) is 0.111. The lowest BCUT2D eigenvalue weighted by atomic mass is 10.3. The first-order chi connectivity index (χ1) is 7.29. The minimum Gasteiger partial charge on any atom is -0.480 e. The van der Waals surface area contributed by atoms with Crippen LogP contribution < -0.4 is 4.74 Å². The van der Waals surface area contributed by atoms with Crippen molar-refractivity contribution in [1.29, 1.82) is 0 Å². The second-order valence-corrected chi connectivity index (χ2v) is 2.67. The van der Waals surface area contributed by atoms with E-state index >= 15 is 0 Å². The van der Waals surface area contributed by atoms with Gasteiger partial charge in [0.25, 0.3) is 0 Å². The molecule has 0 saturated carbocycles. The number of rotatable bonds is 2. The van der Waals surface area contributed by atoms with E-state index in [0.717, 1.165) is 6.20 Å². The van der Waals surface area contributed by atoms with Gasteiger partial charge >= 0.3 is 0 Å². The number of hydrogen-bond donors (Lipinski definition) is 0. The van der Waals surface area contributed by atoms with Crippen LogP contribution in [0.5, 0.6) is 5.88 Å². The Kier molecular flexibility index (Phi) is 2.49. The normalized spacial score (nSPS) is 10.0. The average Bonchev–Trinajstić information content (AvgIpc) is 2.30. The Bertz CT molecular complexity index is 460. The van der Waals surface area contributed by atoms with Crippen molar-refractivity contribution in [2.75, 3.05) is 7.11 Å². The second kappa shape index (κ2) is 3.95.